The van der Waals surface area contributed by atoms with Crippen LogP contribution in [-0.2, 0) is 14.3 Å². The van der Waals surface area contributed by atoms with E-state index in [1.54, 1.807) is 24.3 Å². The Balaban J connectivity index is 1.61. The molecular formula is C19H12FN3O7. The molecule has 0 radical (unpaired) electrons. The summed E-state index contributed by atoms with van der Waals surface area (Å²) in [6.07, 6.45) is 1.26. The van der Waals surface area contributed by atoms with E-state index in [9.17, 15) is 29.4 Å². The van der Waals surface area contributed by atoms with Gasteiger partial charge in [-0.1, -0.05) is 6.07 Å². The summed E-state index contributed by atoms with van der Waals surface area (Å²) in [7, 11) is 0. The zero-order chi connectivity index (χ0) is 21.7. The molecule has 11 heteroatoms. The number of nitro groups is 1. The number of fused-ring (bicyclic) bond motifs is 1. The molecule has 2 aromatic rings. The second kappa shape index (κ2) is 8.70. The summed E-state index contributed by atoms with van der Waals surface area (Å²) in [5.41, 5.74) is -0.751. The third-order valence-corrected chi connectivity index (χ3v) is 3.81. The standard InChI is InChI=1S/C19H12FN3O7/c20-14-3-2-13(7-15(14)23(26)27)22-18(24)9-28-19(25)12(8-21)5-11-1-4-16-17(6-11)30-10-29-16/h1-7H,9-10H2,(H,22,24)/b12-5+. The fourth-order valence-corrected chi connectivity index (χ4v) is 2.44. The number of nitriles is 1. The van der Waals surface area contributed by atoms with Crippen LogP contribution in [0.15, 0.2) is 42.0 Å². The molecule has 30 heavy (non-hydrogen) atoms. The molecule has 3 rings (SSSR count). The molecule has 0 unspecified atom stereocenters. The number of esters is 1. The minimum atomic E-state index is -1.06. The molecule has 10 nitrogen and oxygen atoms in total. The monoisotopic (exact) mass is 413 g/mol. The van der Waals surface area contributed by atoms with E-state index in [-0.39, 0.29) is 18.1 Å². The number of carbonyl (C=O) groups is 2. The number of amides is 1. The molecule has 1 aliphatic heterocycles. The van der Waals surface area contributed by atoms with Crippen molar-refractivity contribution < 1.29 is 33.1 Å². The highest BCUT2D eigenvalue weighted by Crippen LogP contribution is 2.33. The van der Waals surface area contributed by atoms with Crippen molar-refractivity contribution >= 4 is 29.3 Å². The van der Waals surface area contributed by atoms with E-state index in [2.05, 4.69) is 5.32 Å². The highest BCUT2D eigenvalue weighted by atomic mass is 19.1. The van der Waals surface area contributed by atoms with Crippen LogP contribution in [0, 0.1) is 27.3 Å². The molecular weight excluding hydrogens is 401 g/mol. The Morgan fingerprint density at radius 3 is 2.77 bits per heavy atom. The van der Waals surface area contributed by atoms with E-state index < -0.39 is 34.9 Å². The molecule has 152 valence electrons. The van der Waals surface area contributed by atoms with Crippen LogP contribution in [0.4, 0.5) is 15.8 Å². The molecule has 1 amide bonds. The first-order valence-electron chi connectivity index (χ1n) is 8.29. The Kier molecular flexibility index (Phi) is 5.88. The van der Waals surface area contributed by atoms with E-state index in [0.717, 1.165) is 18.2 Å². The molecule has 2 aromatic carbocycles. The van der Waals surface area contributed by atoms with Crippen LogP contribution in [0.1, 0.15) is 5.56 Å². The lowest BCUT2D eigenvalue weighted by molar-refractivity contribution is -0.387. The summed E-state index contributed by atoms with van der Waals surface area (Å²) < 4.78 is 28.5. The van der Waals surface area contributed by atoms with Crippen molar-refractivity contribution in [1.29, 1.82) is 5.26 Å². The van der Waals surface area contributed by atoms with Gasteiger partial charge in [0.1, 0.15) is 11.6 Å². The predicted molar refractivity (Wildman–Crippen MR) is 98.8 cm³/mol. The van der Waals surface area contributed by atoms with Gasteiger partial charge in [-0.05, 0) is 35.9 Å². The second-order valence-electron chi connectivity index (χ2n) is 5.83. The summed E-state index contributed by atoms with van der Waals surface area (Å²) >= 11 is 0. The molecule has 1 N–H and O–H groups in total. The summed E-state index contributed by atoms with van der Waals surface area (Å²) in [6.45, 7) is -0.688. The van der Waals surface area contributed by atoms with Crippen molar-refractivity contribution in [3.05, 3.63) is 63.5 Å². The van der Waals surface area contributed by atoms with Gasteiger partial charge in [0, 0.05) is 11.8 Å². The van der Waals surface area contributed by atoms with Crippen molar-refractivity contribution in [1.82, 2.24) is 0 Å². The number of anilines is 1. The maximum atomic E-state index is 13.3. The first kappa shape index (κ1) is 20.3. The summed E-state index contributed by atoms with van der Waals surface area (Å²) in [5.74, 6) is -1.94. The molecule has 1 heterocycles. The molecule has 0 aromatic heterocycles. The Morgan fingerprint density at radius 1 is 1.27 bits per heavy atom. The molecule has 1 aliphatic rings. The lowest BCUT2D eigenvalue weighted by Crippen LogP contribution is -2.21. The summed E-state index contributed by atoms with van der Waals surface area (Å²) in [4.78, 5) is 33.8. The summed E-state index contributed by atoms with van der Waals surface area (Å²) in [6, 6.07) is 9.24. The van der Waals surface area contributed by atoms with Crippen LogP contribution in [-0.4, -0.2) is 30.2 Å². The Labute approximate surface area is 168 Å². The third-order valence-electron chi connectivity index (χ3n) is 3.81. The van der Waals surface area contributed by atoms with E-state index in [1.807, 2.05) is 0 Å². The first-order chi connectivity index (χ1) is 14.4. The van der Waals surface area contributed by atoms with Crippen molar-refractivity contribution in [2.75, 3.05) is 18.7 Å². The largest absolute Gasteiger partial charge is 0.454 e. The molecule has 0 spiro atoms. The van der Waals surface area contributed by atoms with Gasteiger partial charge in [-0.2, -0.15) is 9.65 Å². The quantitative estimate of drug-likeness (QED) is 0.250. The van der Waals surface area contributed by atoms with Crippen molar-refractivity contribution in [2.24, 2.45) is 0 Å². The van der Waals surface area contributed by atoms with Gasteiger partial charge in [0.25, 0.3) is 5.91 Å². The summed E-state index contributed by atoms with van der Waals surface area (Å²) in [5, 5.41) is 22.1. The fraction of sp³-hybridized carbons (Fsp3) is 0.105. The van der Waals surface area contributed by atoms with Crippen LogP contribution in [0.25, 0.3) is 6.08 Å². The number of hydrogen-bond acceptors (Lipinski definition) is 8. The van der Waals surface area contributed by atoms with Gasteiger partial charge >= 0.3 is 11.7 Å². The van der Waals surface area contributed by atoms with Crippen LogP contribution >= 0.6 is 0 Å². The number of hydrogen-bond donors (Lipinski definition) is 1. The lowest BCUT2D eigenvalue weighted by Gasteiger charge is -2.06. The molecule has 0 aliphatic carbocycles. The predicted octanol–water partition coefficient (Wildman–Crippen LogP) is 2.55. The number of nitrogens with one attached hydrogen (secondary N) is 1. The maximum Gasteiger partial charge on any atom is 0.349 e. The molecule has 0 atom stereocenters. The number of halogens is 1. The van der Waals surface area contributed by atoms with Crippen molar-refractivity contribution in [3.63, 3.8) is 0 Å². The number of carbonyl (C=O) groups excluding carboxylic acids is 2. The van der Waals surface area contributed by atoms with Gasteiger partial charge in [-0.25, -0.2) is 4.79 Å². The zero-order valence-corrected chi connectivity index (χ0v) is 15.1. The average Bonchev–Trinajstić information content (AvgIpc) is 3.19. The molecule has 0 saturated carbocycles. The third kappa shape index (κ3) is 4.68. The highest BCUT2D eigenvalue weighted by Gasteiger charge is 2.18. The van der Waals surface area contributed by atoms with Crippen LogP contribution in [0.3, 0.4) is 0 Å². The smallest absolute Gasteiger partial charge is 0.349 e. The minimum absolute atomic E-state index is 0.0550. The molecule has 0 bridgehead atoms. The van der Waals surface area contributed by atoms with E-state index in [4.69, 9.17) is 14.2 Å². The van der Waals surface area contributed by atoms with E-state index in [0.29, 0.717) is 17.1 Å². The lowest BCUT2D eigenvalue weighted by atomic mass is 10.1. The number of nitrogens with zero attached hydrogens (tertiary/aromatic N) is 2. The zero-order valence-electron chi connectivity index (χ0n) is 15.1. The second-order valence-corrected chi connectivity index (χ2v) is 5.83. The van der Waals surface area contributed by atoms with Gasteiger partial charge in [0.15, 0.2) is 18.1 Å². The molecule has 0 fully saturated rings. The Morgan fingerprint density at radius 2 is 2.03 bits per heavy atom. The topological polar surface area (TPSA) is 141 Å². The van der Waals surface area contributed by atoms with E-state index >= 15 is 0 Å². The van der Waals surface area contributed by atoms with Crippen LogP contribution < -0.4 is 14.8 Å². The first-order valence-corrected chi connectivity index (χ1v) is 8.29. The van der Waals surface area contributed by atoms with Crippen molar-refractivity contribution in [3.8, 4) is 17.6 Å². The number of rotatable bonds is 6. The van der Waals surface area contributed by atoms with Gasteiger partial charge in [0.05, 0.1) is 4.92 Å². The van der Waals surface area contributed by atoms with Gasteiger partial charge < -0.3 is 19.5 Å². The number of nitro benzene ring substituents is 1. The Hall–Kier alpha value is -4.46. The van der Waals surface area contributed by atoms with Crippen LogP contribution in [0.5, 0.6) is 11.5 Å². The van der Waals surface area contributed by atoms with Crippen molar-refractivity contribution in [2.45, 2.75) is 0 Å². The normalized spacial score (nSPS) is 12.1. The van der Waals surface area contributed by atoms with Crippen LogP contribution in [0.2, 0.25) is 0 Å². The van der Waals surface area contributed by atoms with Gasteiger partial charge in [-0.3, -0.25) is 14.9 Å². The highest BCUT2D eigenvalue weighted by molar-refractivity contribution is 6.00. The number of benzene rings is 2. The van der Waals surface area contributed by atoms with Gasteiger partial charge in [-0.15, -0.1) is 0 Å². The Bertz CT molecular complexity index is 1110. The van der Waals surface area contributed by atoms with E-state index in [1.165, 1.54) is 6.08 Å². The minimum Gasteiger partial charge on any atom is -0.454 e. The average molecular weight is 413 g/mol. The maximum absolute atomic E-state index is 13.3. The molecule has 0 saturated heterocycles. The van der Waals surface area contributed by atoms with Gasteiger partial charge in [0.2, 0.25) is 12.6 Å². The SMILES string of the molecule is N#C/C(=C\c1ccc2c(c1)OCO2)C(=O)OCC(=O)Nc1ccc(F)c([N+](=O)[O-])c1. The fourth-order valence-electron chi connectivity index (χ4n) is 2.44. The number of ether oxygens (including phenoxy) is 3.